The van der Waals surface area contributed by atoms with Crippen molar-refractivity contribution in [2.24, 2.45) is 0 Å². The highest BCUT2D eigenvalue weighted by Crippen LogP contribution is 2.34. The van der Waals surface area contributed by atoms with Crippen molar-refractivity contribution >= 4 is 15.6 Å². The van der Waals surface area contributed by atoms with Gasteiger partial charge in [-0.1, -0.05) is 0 Å². The smallest absolute Gasteiger partial charge is 0.186 e. The largest absolute Gasteiger partial charge is 0.334 e. The van der Waals surface area contributed by atoms with Crippen molar-refractivity contribution in [3.8, 4) is 0 Å². The summed E-state index contributed by atoms with van der Waals surface area (Å²) in [6, 6.07) is 0.500. The molecule has 1 fully saturated rings. The van der Waals surface area contributed by atoms with Gasteiger partial charge in [-0.3, -0.25) is 4.79 Å². The van der Waals surface area contributed by atoms with E-state index >= 15 is 0 Å². The zero-order valence-electron chi connectivity index (χ0n) is 9.67. The molecule has 1 aliphatic carbocycles. The Balaban J connectivity index is 1.86. The Labute approximate surface area is 101 Å². The van der Waals surface area contributed by atoms with E-state index in [4.69, 9.17) is 0 Å². The van der Waals surface area contributed by atoms with E-state index in [1.165, 1.54) is 6.42 Å². The molecule has 1 aromatic rings. The third-order valence-corrected chi connectivity index (χ3v) is 3.62. The normalized spacial score (nSPS) is 16.1. The van der Waals surface area contributed by atoms with E-state index < -0.39 is 9.84 Å². The third kappa shape index (κ3) is 3.66. The fourth-order valence-electron chi connectivity index (χ4n) is 1.55. The maximum absolute atomic E-state index is 11.7. The summed E-state index contributed by atoms with van der Waals surface area (Å²) in [7, 11) is -3.01. The van der Waals surface area contributed by atoms with Gasteiger partial charge in [0.15, 0.2) is 5.78 Å². The van der Waals surface area contributed by atoms with Gasteiger partial charge in [-0.25, -0.2) is 13.4 Å². The standard InChI is InChI=1S/C11H15N2O3S/c1-17(15,16)6-2-3-11(14)10-7-13(8-12-10)9-4-5-9/h3,7-9H,2,4-6H2,1H3. The molecule has 2 rings (SSSR count). The molecule has 0 spiro atoms. The number of carbonyl (C=O) groups is 1. The van der Waals surface area contributed by atoms with Crippen molar-refractivity contribution in [3.63, 3.8) is 0 Å². The number of hydrogen-bond acceptors (Lipinski definition) is 4. The molecule has 1 aliphatic rings. The van der Waals surface area contributed by atoms with Crippen molar-refractivity contribution in [1.82, 2.24) is 9.55 Å². The maximum atomic E-state index is 11.7. The molecule has 0 aromatic carbocycles. The molecule has 0 amide bonds. The van der Waals surface area contributed by atoms with E-state index in [1.807, 2.05) is 4.57 Å². The average Bonchev–Trinajstić information content (AvgIpc) is 2.94. The summed E-state index contributed by atoms with van der Waals surface area (Å²) in [5, 5.41) is 0. The third-order valence-electron chi connectivity index (χ3n) is 2.64. The second-order valence-corrected chi connectivity index (χ2v) is 6.68. The molecule has 1 saturated carbocycles. The van der Waals surface area contributed by atoms with E-state index in [2.05, 4.69) is 4.98 Å². The Hall–Kier alpha value is -1.17. The van der Waals surface area contributed by atoms with Crippen LogP contribution in [0, 0.1) is 6.42 Å². The molecule has 0 atom stereocenters. The van der Waals surface area contributed by atoms with Crippen LogP contribution in [0.4, 0.5) is 0 Å². The van der Waals surface area contributed by atoms with Crippen LogP contribution in [0.15, 0.2) is 12.5 Å². The average molecular weight is 255 g/mol. The summed E-state index contributed by atoms with van der Waals surface area (Å²) in [6.45, 7) is 0. The Morgan fingerprint density at radius 2 is 2.29 bits per heavy atom. The van der Waals surface area contributed by atoms with Gasteiger partial charge in [0.2, 0.25) is 0 Å². The molecule has 1 aromatic heterocycles. The van der Waals surface area contributed by atoms with Gasteiger partial charge in [0.25, 0.3) is 0 Å². The van der Waals surface area contributed by atoms with Crippen LogP contribution in [0.3, 0.4) is 0 Å². The van der Waals surface area contributed by atoms with Crippen molar-refractivity contribution in [3.05, 3.63) is 24.6 Å². The van der Waals surface area contributed by atoms with Crippen molar-refractivity contribution < 1.29 is 13.2 Å². The first-order valence-corrected chi connectivity index (χ1v) is 7.60. The fourth-order valence-corrected chi connectivity index (χ4v) is 2.09. The number of ketones is 1. The number of aromatic nitrogens is 2. The number of hydrogen-bond donors (Lipinski definition) is 0. The highest BCUT2D eigenvalue weighted by atomic mass is 32.2. The molecule has 17 heavy (non-hydrogen) atoms. The molecule has 1 radical (unpaired) electrons. The molecule has 0 unspecified atom stereocenters. The molecular formula is C11H15N2O3S. The number of carbonyl (C=O) groups excluding carboxylic acids is 1. The predicted molar refractivity (Wildman–Crippen MR) is 63.5 cm³/mol. The lowest BCUT2D eigenvalue weighted by molar-refractivity contribution is 0.102. The Morgan fingerprint density at radius 1 is 1.59 bits per heavy atom. The SMILES string of the molecule is CS(=O)(=O)CC[CH]C(=O)c1cn(C2CC2)cn1. The number of sulfone groups is 1. The van der Waals surface area contributed by atoms with Gasteiger partial charge in [0.05, 0.1) is 12.1 Å². The lowest BCUT2D eigenvalue weighted by Crippen LogP contribution is -2.07. The van der Waals surface area contributed by atoms with Crippen molar-refractivity contribution in [1.29, 1.82) is 0 Å². The summed E-state index contributed by atoms with van der Waals surface area (Å²) in [5.41, 5.74) is 0.394. The topological polar surface area (TPSA) is 69.0 Å². The van der Waals surface area contributed by atoms with Gasteiger partial charge in [-0.15, -0.1) is 0 Å². The molecule has 0 bridgehead atoms. The molecule has 1 heterocycles. The number of imidazole rings is 1. The van der Waals surface area contributed by atoms with Crippen LogP contribution in [0.5, 0.6) is 0 Å². The van der Waals surface area contributed by atoms with Gasteiger partial charge in [-0.2, -0.15) is 0 Å². The van der Waals surface area contributed by atoms with E-state index in [9.17, 15) is 13.2 Å². The van der Waals surface area contributed by atoms with E-state index in [1.54, 1.807) is 12.5 Å². The van der Waals surface area contributed by atoms with Gasteiger partial charge in [0.1, 0.15) is 15.5 Å². The van der Waals surface area contributed by atoms with Gasteiger partial charge in [0, 0.05) is 24.9 Å². The summed E-state index contributed by atoms with van der Waals surface area (Å²) < 4.78 is 23.7. The zero-order chi connectivity index (χ0) is 12.5. The summed E-state index contributed by atoms with van der Waals surface area (Å²) in [6.07, 6.45) is 8.47. The van der Waals surface area contributed by atoms with Gasteiger partial charge >= 0.3 is 0 Å². The highest BCUT2D eigenvalue weighted by Gasteiger charge is 2.24. The molecular weight excluding hydrogens is 240 g/mol. The zero-order valence-corrected chi connectivity index (χ0v) is 10.5. The van der Waals surface area contributed by atoms with Crippen LogP contribution in [-0.2, 0) is 9.84 Å². The van der Waals surface area contributed by atoms with Crippen LogP contribution in [-0.4, -0.2) is 35.8 Å². The minimum Gasteiger partial charge on any atom is -0.334 e. The van der Waals surface area contributed by atoms with Crippen LogP contribution in [0.2, 0.25) is 0 Å². The number of nitrogens with zero attached hydrogens (tertiary/aromatic N) is 2. The van der Waals surface area contributed by atoms with Gasteiger partial charge in [-0.05, 0) is 19.3 Å². The fraction of sp³-hybridized carbons (Fsp3) is 0.545. The highest BCUT2D eigenvalue weighted by molar-refractivity contribution is 7.90. The maximum Gasteiger partial charge on any atom is 0.186 e. The Morgan fingerprint density at radius 3 is 2.88 bits per heavy atom. The first-order chi connectivity index (χ1) is 7.96. The minimum atomic E-state index is -3.01. The summed E-state index contributed by atoms with van der Waals surface area (Å²) in [4.78, 5) is 15.7. The van der Waals surface area contributed by atoms with Crippen molar-refractivity contribution in [2.45, 2.75) is 25.3 Å². The Bertz CT molecular complexity index is 515. The van der Waals surface area contributed by atoms with Gasteiger partial charge < -0.3 is 4.57 Å². The van der Waals surface area contributed by atoms with E-state index in [0.29, 0.717) is 11.7 Å². The molecule has 0 N–H and O–H groups in total. The summed E-state index contributed by atoms with van der Waals surface area (Å²) >= 11 is 0. The first kappa shape index (κ1) is 12.3. The molecule has 0 saturated heterocycles. The molecule has 93 valence electrons. The minimum absolute atomic E-state index is 0.00206. The van der Waals surface area contributed by atoms with E-state index in [0.717, 1.165) is 19.1 Å². The quantitative estimate of drug-likeness (QED) is 0.712. The predicted octanol–water partition coefficient (Wildman–Crippen LogP) is 1.04. The van der Waals surface area contributed by atoms with Crippen LogP contribution < -0.4 is 0 Å². The number of Topliss-reactive ketones (excluding diaryl/α,β-unsaturated/α-hetero) is 1. The van der Waals surface area contributed by atoms with E-state index in [-0.39, 0.29) is 18.0 Å². The van der Waals surface area contributed by atoms with Crippen LogP contribution in [0.1, 0.15) is 35.8 Å². The lowest BCUT2D eigenvalue weighted by Gasteiger charge is -1.97. The lowest BCUT2D eigenvalue weighted by atomic mass is 10.2. The number of rotatable bonds is 6. The van der Waals surface area contributed by atoms with Crippen LogP contribution >= 0.6 is 0 Å². The monoisotopic (exact) mass is 255 g/mol. The van der Waals surface area contributed by atoms with Crippen molar-refractivity contribution in [2.75, 3.05) is 12.0 Å². The molecule has 6 heteroatoms. The second-order valence-electron chi connectivity index (χ2n) is 4.42. The summed E-state index contributed by atoms with van der Waals surface area (Å²) in [5.74, 6) is -0.199. The second kappa shape index (κ2) is 4.60. The van der Waals surface area contributed by atoms with Crippen LogP contribution in [0.25, 0.3) is 0 Å². The molecule has 5 nitrogen and oxygen atoms in total. The first-order valence-electron chi connectivity index (χ1n) is 5.54. The molecule has 0 aliphatic heterocycles. The Kier molecular flexibility index (Phi) is 3.33.